The molecule has 3 rings (SSSR count). The van der Waals surface area contributed by atoms with Gasteiger partial charge in [0, 0.05) is 16.3 Å². The van der Waals surface area contributed by atoms with Crippen LogP contribution in [0.25, 0.3) is 5.69 Å². The van der Waals surface area contributed by atoms with E-state index in [-0.39, 0.29) is 0 Å². The molecule has 1 aromatic carbocycles. The Bertz CT molecular complexity index is 700. The SMILES string of the molecule is Cc1cc(CNc2ccccc2-n2ccnn2)c(C)s1. The molecule has 0 saturated heterocycles. The van der Waals surface area contributed by atoms with E-state index in [1.54, 1.807) is 10.9 Å². The van der Waals surface area contributed by atoms with Crippen LogP contribution in [0.5, 0.6) is 0 Å². The fraction of sp³-hybridized carbons (Fsp3) is 0.200. The fourth-order valence-electron chi connectivity index (χ4n) is 2.21. The third-order valence-corrected chi connectivity index (χ3v) is 4.19. The summed E-state index contributed by atoms with van der Waals surface area (Å²) >= 11 is 1.84. The van der Waals surface area contributed by atoms with Crippen molar-refractivity contribution in [2.45, 2.75) is 20.4 Å². The van der Waals surface area contributed by atoms with E-state index >= 15 is 0 Å². The number of thiophene rings is 1. The number of nitrogens with one attached hydrogen (secondary N) is 1. The summed E-state index contributed by atoms with van der Waals surface area (Å²) in [7, 11) is 0. The average Bonchev–Trinajstić information content (AvgIpc) is 3.07. The van der Waals surface area contributed by atoms with Crippen LogP contribution < -0.4 is 5.32 Å². The summed E-state index contributed by atoms with van der Waals surface area (Å²) < 4.78 is 1.77. The summed E-state index contributed by atoms with van der Waals surface area (Å²) in [5.74, 6) is 0. The highest BCUT2D eigenvalue weighted by Gasteiger charge is 2.06. The molecule has 0 atom stereocenters. The highest BCUT2D eigenvalue weighted by Crippen LogP contribution is 2.23. The Labute approximate surface area is 122 Å². The second-order valence-corrected chi connectivity index (χ2v) is 6.12. The fourth-order valence-corrected chi connectivity index (χ4v) is 3.16. The van der Waals surface area contributed by atoms with E-state index in [2.05, 4.69) is 41.6 Å². The Morgan fingerprint density at radius 2 is 2.10 bits per heavy atom. The molecule has 0 amide bonds. The molecule has 0 aliphatic heterocycles. The van der Waals surface area contributed by atoms with Gasteiger partial charge in [0.15, 0.2) is 0 Å². The lowest BCUT2D eigenvalue weighted by Crippen LogP contribution is -2.05. The highest BCUT2D eigenvalue weighted by atomic mass is 32.1. The second kappa shape index (κ2) is 5.46. The van der Waals surface area contributed by atoms with Crippen LogP contribution >= 0.6 is 11.3 Å². The van der Waals surface area contributed by atoms with Gasteiger partial charge in [0.05, 0.1) is 23.8 Å². The molecule has 20 heavy (non-hydrogen) atoms. The number of aromatic nitrogens is 3. The molecule has 102 valence electrons. The minimum Gasteiger partial charge on any atom is -0.379 e. The maximum atomic E-state index is 4.05. The summed E-state index contributed by atoms with van der Waals surface area (Å²) in [6.45, 7) is 5.13. The Balaban J connectivity index is 1.83. The van der Waals surface area contributed by atoms with E-state index < -0.39 is 0 Å². The smallest absolute Gasteiger partial charge is 0.0894 e. The number of nitrogens with zero attached hydrogens (tertiary/aromatic N) is 3. The standard InChI is InChI=1S/C15H16N4S/c1-11-9-13(12(2)20-11)10-16-14-5-3-4-6-15(14)19-8-7-17-18-19/h3-9,16H,10H2,1-2H3. The highest BCUT2D eigenvalue weighted by molar-refractivity contribution is 7.12. The zero-order valence-electron chi connectivity index (χ0n) is 11.5. The molecule has 0 spiro atoms. The summed E-state index contributed by atoms with van der Waals surface area (Å²) in [6, 6.07) is 10.4. The van der Waals surface area contributed by atoms with Gasteiger partial charge in [0.1, 0.15) is 0 Å². The van der Waals surface area contributed by atoms with E-state index in [0.717, 1.165) is 17.9 Å². The third kappa shape index (κ3) is 2.58. The second-order valence-electron chi connectivity index (χ2n) is 4.66. The van der Waals surface area contributed by atoms with Crippen molar-refractivity contribution < 1.29 is 0 Å². The van der Waals surface area contributed by atoms with Gasteiger partial charge in [-0.2, -0.15) is 0 Å². The van der Waals surface area contributed by atoms with E-state index in [9.17, 15) is 0 Å². The molecule has 4 nitrogen and oxygen atoms in total. The first-order valence-electron chi connectivity index (χ1n) is 6.49. The Morgan fingerprint density at radius 3 is 2.80 bits per heavy atom. The van der Waals surface area contributed by atoms with Crippen LogP contribution in [0.1, 0.15) is 15.3 Å². The topological polar surface area (TPSA) is 42.7 Å². The molecular formula is C15H16N4S. The number of benzene rings is 1. The van der Waals surface area contributed by atoms with Gasteiger partial charge in [-0.1, -0.05) is 17.3 Å². The molecule has 5 heteroatoms. The van der Waals surface area contributed by atoms with Gasteiger partial charge in [-0.25, -0.2) is 4.68 Å². The molecule has 2 heterocycles. The minimum absolute atomic E-state index is 0.821. The maximum Gasteiger partial charge on any atom is 0.0894 e. The Kier molecular flexibility index (Phi) is 3.52. The predicted octanol–water partition coefficient (Wildman–Crippen LogP) is 3.56. The molecule has 2 aromatic heterocycles. The van der Waals surface area contributed by atoms with Gasteiger partial charge < -0.3 is 5.32 Å². The molecule has 3 aromatic rings. The van der Waals surface area contributed by atoms with Crippen LogP contribution in [-0.2, 0) is 6.54 Å². The normalized spacial score (nSPS) is 10.7. The van der Waals surface area contributed by atoms with Crippen LogP contribution in [-0.4, -0.2) is 15.0 Å². The van der Waals surface area contributed by atoms with E-state index in [1.807, 2.05) is 35.7 Å². The third-order valence-electron chi connectivity index (χ3n) is 3.19. The molecule has 0 fully saturated rings. The van der Waals surface area contributed by atoms with Crippen molar-refractivity contribution in [3.8, 4) is 5.69 Å². The molecule has 0 unspecified atom stereocenters. The number of para-hydroxylation sites is 2. The van der Waals surface area contributed by atoms with Gasteiger partial charge in [0.2, 0.25) is 0 Å². The van der Waals surface area contributed by atoms with Crippen molar-refractivity contribution in [1.82, 2.24) is 15.0 Å². The Morgan fingerprint density at radius 1 is 1.25 bits per heavy atom. The summed E-state index contributed by atoms with van der Waals surface area (Å²) in [5, 5.41) is 11.4. The van der Waals surface area contributed by atoms with Gasteiger partial charge in [-0.15, -0.1) is 16.4 Å². The van der Waals surface area contributed by atoms with Gasteiger partial charge >= 0.3 is 0 Å². The van der Waals surface area contributed by atoms with Crippen LogP contribution in [0.15, 0.2) is 42.7 Å². The van der Waals surface area contributed by atoms with E-state index in [4.69, 9.17) is 0 Å². The van der Waals surface area contributed by atoms with Crippen LogP contribution in [0.3, 0.4) is 0 Å². The van der Waals surface area contributed by atoms with Crippen molar-refractivity contribution in [2.75, 3.05) is 5.32 Å². The number of rotatable bonds is 4. The largest absolute Gasteiger partial charge is 0.379 e. The molecule has 0 aliphatic rings. The van der Waals surface area contributed by atoms with Crippen molar-refractivity contribution >= 4 is 17.0 Å². The van der Waals surface area contributed by atoms with Crippen molar-refractivity contribution in [3.63, 3.8) is 0 Å². The summed E-state index contributed by atoms with van der Waals surface area (Å²) in [5.41, 5.74) is 3.41. The quantitative estimate of drug-likeness (QED) is 0.796. The maximum absolute atomic E-state index is 4.05. The molecule has 1 N–H and O–H groups in total. The van der Waals surface area contributed by atoms with Crippen molar-refractivity contribution in [3.05, 3.63) is 58.0 Å². The van der Waals surface area contributed by atoms with E-state index in [1.165, 1.54) is 15.3 Å². The first-order chi connectivity index (χ1) is 9.74. The van der Waals surface area contributed by atoms with Crippen molar-refractivity contribution in [1.29, 1.82) is 0 Å². The van der Waals surface area contributed by atoms with E-state index in [0.29, 0.717) is 0 Å². The lowest BCUT2D eigenvalue weighted by molar-refractivity contribution is 0.803. The van der Waals surface area contributed by atoms with Crippen LogP contribution in [0.2, 0.25) is 0 Å². The predicted molar refractivity (Wildman–Crippen MR) is 82.5 cm³/mol. The molecular weight excluding hydrogens is 268 g/mol. The van der Waals surface area contributed by atoms with Crippen molar-refractivity contribution in [2.24, 2.45) is 0 Å². The number of anilines is 1. The number of hydrogen-bond donors (Lipinski definition) is 1. The molecule has 0 radical (unpaired) electrons. The van der Waals surface area contributed by atoms with Gasteiger partial charge in [0.25, 0.3) is 0 Å². The number of aryl methyl sites for hydroxylation is 2. The lowest BCUT2D eigenvalue weighted by Gasteiger charge is -2.11. The first kappa shape index (κ1) is 12.9. The van der Waals surface area contributed by atoms with Gasteiger partial charge in [-0.3, -0.25) is 0 Å². The lowest BCUT2D eigenvalue weighted by atomic mass is 10.2. The van der Waals surface area contributed by atoms with Gasteiger partial charge in [-0.05, 0) is 37.6 Å². The van der Waals surface area contributed by atoms with Crippen LogP contribution in [0, 0.1) is 13.8 Å². The first-order valence-corrected chi connectivity index (χ1v) is 7.31. The molecule has 0 bridgehead atoms. The zero-order chi connectivity index (χ0) is 13.9. The van der Waals surface area contributed by atoms with Crippen LogP contribution in [0.4, 0.5) is 5.69 Å². The summed E-state index contributed by atoms with van der Waals surface area (Å²) in [4.78, 5) is 2.72. The molecule has 0 aliphatic carbocycles. The Hall–Kier alpha value is -2.14. The number of hydrogen-bond acceptors (Lipinski definition) is 4. The zero-order valence-corrected chi connectivity index (χ0v) is 12.3. The average molecular weight is 284 g/mol. The molecule has 0 saturated carbocycles. The summed E-state index contributed by atoms with van der Waals surface area (Å²) in [6.07, 6.45) is 3.53. The minimum atomic E-state index is 0.821. The monoisotopic (exact) mass is 284 g/mol.